The monoisotopic (exact) mass is 266 g/mol. The van der Waals surface area contributed by atoms with Crippen LogP contribution in [0.4, 0.5) is 0 Å². The Morgan fingerprint density at radius 2 is 1.85 bits per heavy atom. The number of aldehydes is 1. The normalized spacial score (nSPS) is 10.6. The van der Waals surface area contributed by atoms with Gasteiger partial charge in [0.1, 0.15) is 17.6 Å². The van der Waals surface area contributed by atoms with Crippen LogP contribution in [0, 0.1) is 0 Å². The van der Waals surface area contributed by atoms with Crippen LogP contribution in [0.2, 0.25) is 0 Å². The van der Waals surface area contributed by atoms with Crippen LogP contribution >= 0.6 is 0 Å². The van der Waals surface area contributed by atoms with E-state index in [0.29, 0.717) is 11.8 Å². The van der Waals surface area contributed by atoms with Gasteiger partial charge in [-0.15, -0.1) is 0 Å². The van der Waals surface area contributed by atoms with Gasteiger partial charge in [-0.2, -0.15) is 0 Å². The summed E-state index contributed by atoms with van der Waals surface area (Å²) in [4.78, 5) is 23.3. The first-order valence-electron chi connectivity index (χ1n) is 6.00. The molecule has 0 aliphatic heterocycles. The molecule has 0 atom stereocenters. The summed E-state index contributed by atoms with van der Waals surface area (Å²) in [6, 6.07) is 11.7. The third-order valence-corrected chi connectivity index (χ3v) is 3.13. The van der Waals surface area contributed by atoms with Crippen LogP contribution in [0.5, 0.6) is 5.75 Å². The lowest BCUT2D eigenvalue weighted by Gasteiger charge is -2.04. The zero-order valence-corrected chi connectivity index (χ0v) is 10.4. The Balaban J connectivity index is 2.33. The second-order valence-electron chi connectivity index (χ2n) is 4.37. The maximum absolute atomic E-state index is 12.5. The predicted molar refractivity (Wildman–Crippen MR) is 75.0 cm³/mol. The second-order valence-corrected chi connectivity index (χ2v) is 4.37. The summed E-state index contributed by atoms with van der Waals surface area (Å²) in [5.41, 5.74) is 1.23. The lowest BCUT2D eigenvalue weighted by atomic mass is 10.0. The molecule has 2 aromatic carbocycles. The number of benzene rings is 2. The molecule has 4 nitrogen and oxygen atoms in total. The highest BCUT2D eigenvalue weighted by atomic mass is 16.3. The van der Waals surface area contributed by atoms with Crippen LogP contribution in [0.25, 0.3) is 22.1 Å². The molecule has 3 rings (SSSR count). The first-order chi connectivity index (χ1) is 9.70. The van der Waals surface area contributed by atoms with Gasteiger partial charge in [-0.1, -0.05) is 30.3 Å². The number of phenols is 1. The summed E-state index contributed by atoms with van der Waals surface area (Å²) in [5.74, 6) is -0.205. The summed E-state index contributed by atoms with van der Waals surface area (Å²) in [6.07, 6.45) is 1.86. The Hall–Kier alpha value is -2.88. The molecule has 0 aliphatic carbocycles. The molecule has 98 valence electrons. The molecule has 0 radical (unpaired) electrons. The zero-order valence-electron chi connectivity index (χ0n) is 10.4. The topological polar surface area (TPSA) is 67.5 Å². The molecule has 4 heteroatoms. The molecule has 3 aromatic rings. The number of hydrogen-bond acceptors (Lipinski definition) is 4. The molecular weight excluding hydrogens is 256 g/mol. The van der Waals surface area contributed by atoms with E-state index in [0.717, 1.165) is 5.56 Å². The lowest BCUT2D eigenvalue weighted by Crippen LogP contribution is -2.05. The third kappa shape index (κ3) is 1.87. The van der Waals surface area contributed by atoms with Crippen LogP contribution in [-0.4, -0.2) is 11.4 Å². The first-order valence-corrected chi connectivity index (χ1v) is 6.00. The summed E-state index contributed by atoms with van der Waals surface area (Å²) in [7, 11) is 0. The SMILES string of the molecule is O=Cc1cc2c(=O)c(-c3ccccc3)coc2cc1O. The zero-order chi connectivity index (χ0) is 14.1. The highest BCUT2D eigenvalue weighted by molar-refractivity contribution is 5.90. The number of fused-ring (bicyclic) bond motifs is 1. The number of carbonyl (C=O) groups is 1. The molecule has 0 amide bonds. The van der Waals surface area contributed by atoms with Gasteiger partial charge in [-0.05, 0) is 11.6 Å². The molecule has 1 aromatic heterocycles. The molecule has 0 aliphatic rings. The van der Waals surface area contributed by atoms with Crippen molar-refractivity contribution >= 4 is 17.3 Å². The molecular formula is C16H10O4. The van der Waals surface area contributed by atoms with E-state index < -0.39 is 0 Å². The Morgan fingerprint density at radius 1 is 1.10 bits per heavy atom. The Labute approximate surface area is 113 Å². The molecule has 0 saturated heterocycles. The van der Waals surface area contributed by atoms with Gasteiger partial charge in [0.25, 0.3) is 0 Å². The quantitative estimate of drug-likeness (QED) is 0.724. The summed E-state index contributed by atoms with van der Waals surface area (Å²) in [6.45, 7) is 0. The average molecular weight is 266 g/mol. The van der Waals surface area contributed by atoms with Crippen LogP contribution < -0.4 is 5.43 Å². The van der Waals surface area contributed by atoms with Gasteiger partial charge in [-0.3, -0.25) is 9.59 Å². The van der Waals surface area contributed by atoms with Gasteiger partial charge >= 0.3 is 0 Å². The summed E-state index contributed by atoms with van der Waals surface area (Å²) >= 11 is 0. The largest absolute Gasteiger partial charge is 0.507 e. The minimum Gasteiger partial charge on any atom is -0.507 e. The Morgan fingerprint density at radius 3 is 2.55 bits per heavy atom. The van der Waals surface area contributed by atoms with E-state index in [2.05, 4.69) is 0 Å². The lowest BCUT2D eigenvalue weighted by molar-refractivity contribution is 0.112. The van der Waals surface area contributed by atoms with Crippen molar-refractivity contribution in [2.45, 2.75) is 0 Å². The Kier molecular flexibility index (Phi) is 2.84. The minimum atomic E-state index is -0.236. The Bertz CT molecular complexity index is 847. The van der Waals surface area contributed by atoms with Crippen molar-refractivity contribution < 1.29 is 14.3 Å². The number of aromatic hydroxyl groups is 1. The van der Waals surface area contributed by atoms with Crippen molar-refractivity contribution in [3.63, 3.8) is 0 Å². The number of rotatable bonds is 2. The molecule has 0 saturated carbocycles. The minimum absolute atomic E-state index is 0.0648. The number of hydrogen-bond donors (Lipinski definition) is 1. The van der Waals surface area contributed by atoms with E-state index in [1.165, 1.54) is 18.4 Å². The third-order valence-electron chi connectivity index (χ3n) is 3.13. The molecule has 0 unspecified atom stereocenters. The van der Waals surface area contributed by atoms with E-state index in [-0.39, 0.29) is 27.7 Å². The number of carbonyl (C=O) groups excluding carboxylic acids is 1. The summed E-state index contributed by atoms with van der Waals surface area (Å²) < 4.78 is 5.38. The maximum atomic E-state index is 12.5. The molecule has 0 spiro atoms. The summed E-state index contributed by atoms with van der Waals surface area (Å²) in [5, 5.41) is 9.86. The van der Waals surface area contributed by atoms with Crippen molar-refractivity contribution in [2.75, 3.05) is 0 Å². The smallest absolute Gasteiger partial charge is 0.200 e. The van der Waals surface area contributed by atoms with Crippen molar-refractivity contribution in [3.05, 3.63) is 64.5 Å². The highest BCUT2D eigenvalue weighted by Crippen LogP contribution is 2.24. The van der Waals surface area contributed by atoms with Gasteiger partial charge in [-0.25, -0.2) is 0 Å². The van der Waals surface area contributed by atoms with E-state index in [4.69, 9.17) is 4.42 Å². The van der Waals surface area contributed by atoms with E-state index >= 15 is 0 Å². The van der Waals surface area contributed by atoms with E-state index in [1.807, 2.05) is 18.2 Å². The van der Waals surface area contributed by atoms with Gasteiger partial charge in [0.2, 0.25) is 5.43 Å². The molecule has 0 bridgehead atoms. The van der Waals surface area contributed by atoms with Crippen LogP contribution in [0.1, 0.15) is 10.4 Å². The predicted octanol–water partition coefficient (Wildman–Crippen LogP) is 2.98. The van der Waals surface area contributed by atoms with Crippen LogP contribution in [0.3, 0.4) is 0 Å². The standard InChI is InChI=1S/C16H10O4/c17-8-11-6-12-15(7-14(11)18)20-9-13(16(12)19)10-4-2-1-3-5-10/h1-9,18H. The molecule has 1 N–H and O–H groups in total. The van der Waals surface area contributed by atoms with Crippen molar-refractivity contribution in [1.82, 2.24) is 0 Å². The van der Waals surface area contributed by atoms with Gasteiger partial charge in [0.15, 0.2) is 6.29 Å². The van der Waals surface area contributed by atoms with E-state index in [1.54, 1.807) is 12.1 Å². The van der Waals surface area contributed by atoms with Crippen LogP contribution in [0.15, 0.2) is 57.9 Å². The van der Waals surface area contributed by atoms with Gasteiger partial charge in [0.05, 0.1) is 16.5 Å². The first kappa shape index (κ1) is 12.2. The second kappa shape index (κ2) is 4.66. The number of phenolic OH excluding ortho intramolecular Hbond substituents is 1. The fraction of sp³-hybridized carbons (Fsp3) is 0. The maximum Gasteiger partial charge on any atom is 0.200 e. The highest BCUT2D eigenvalue weighted by Gasteiger charge is 2.11. The van der Waals surface area contributed by atoms with Gasteiger partial charge in [0, 0.05) is 6.07 Å². The van der Waals surface area contributed by atoms with Gasteiger partial charge < -0.3 is 9.52 Å². The van der Waals surface area contributed by atoms with Crippen LogP contribution in [-0.2, 0) is 0 Å². The van der Waals surface area contributed by atoms with Crippen molar-refractivity contribution in [1.29, 1.82) is 0 Å². The van der Waals surface area contributed by atoms with E-state index in [9.17, 15) is 14.7 Å². The molecule has 1 heterocycles. The fourth-order valence-corrected chi connectivity index (χ4v) is 2.09. The molecule has 20 heavy (non-hydrogen) atoms. The van der Waals surface area contributed by atoms with Crippen molar-refractivity contribution in [3.8, 4) is 16.9 Å². The fourth-order valence-electron chi connectivity index (χ4n) is 2.09. The average Bonchev–Trinajstić information content (AvgIpc) is 2.48. The van der Waals surface area contributed by atoms with Crippen molar-refractivity contribution in [2.24, 2.45) is 0 Å². The molecule has 0 fully saturated rings.